The number of hydrogen-bond donors (Lipinski definition) is 1. The summed E-state index contributed by atoms with van der Waals surface area (Å²) in [5, 5.41) is 3.35. The summed E-state index contributed by atoms with van der Waals surface area (Å²) >= 11 is 0. The van der Waals surface area contributed by atoms with Crippen molar-refractivity contribution >= 4 is 5.97 Å². The summed E-state index contributed by atoms with van der Waals surface area (Å²) in [4.78, 5) is 11.6. The van der Waals surface area contributed by atoms with Crippen molar-refractivity contribution in [1.82, 2.24) is 5.32 Å². The van der Waals surface area contributed by atoms with Gasteiger partial charge in [0.25, 0.3) is 0 Å². The van der Waals surface area contributed by atoms with Gasteiger partial charge in [0.1, 0.15) is 0 Å². The highest BCUT2D eigenvalue weighted by atomic mass is 16.5. The van der Waals surface area contributed by atoms with Gasteiger partial charge in [-0.25, -0.2) is 0 Å². The monoisotopic (exact) mass is 223 g/mol. The highest BCUT2D eigenvalue weighted by molar-refractivity contribution is 5.72. The molecular weight excluding hydrogens is 202 g/mol. The fourth-order valence-electron chi connectivity index (χ4n) is 2.22. The lowest BCUT2D eigenvalue weighted by molar-refractivity contribution is -0.149. The average molecular weight is 223 g/mol. The maximum Gasteiger partial charge on any atom is 0.308 e. The molecule has 0 aromatic heterocycles. The van der Waals surface area contributed by atoms with E-state index < -0.39 is 0 Å². The van der Waals surface area contributed by atoms with Crippen molar-refractivity contribution in [3.8, 4) is 12.3 Å². The van der Waals surface area contributed by atoms with Crippen molar-refractivity contribution in [3.63, 3.8) is 0 Å². The summed E-state index contributed by atoms with van der Waals surface area (Å²) < 4.78 is 5.05. The third-order valence-electron chi connectivity index (χ3n) is 3.03. The van der Waals surface area contributed by atoms with E-state index in [-0.39, 0.29) is 17.9 Å². The van der Waals surface area contributed by atoms with Crippen LogP contribution in [0.5, 0.6) is 0 Å². The molecule has 0 radical (unpaired) electrons. The number of ether oxygens (including phenoxy) is 1. The average Bonchev–Trinajstić information content (AvgIpc) is 2.29. The predicted octanol–water partition coefficient (Wildman–Crippen LogP) is 1.72. The number of hydrogen-bond acceptors (Lipinski definition) is 3. The number of terminal acetylenes is 1. The molecule has 1 rings (SSSR count). The number of rotatable bonds is 4. The first-order valence-corrected chi connectivity index (χ1v) is 6.06. The first-order valence-electron chi connectivity index (χ1n) is 6.06. The smallest absolute Gasteiger partial charge is 0.308 e. The first kappa shape index (κ1) is 13.1. The molecule has 0 bridgehead atoms. The third-order valence-corrected chi connectivity index (χ3v) is 3.03. The van der Waals surface area contributed by atoms with Crippen LogP contribution in [0.25, 0.3) is 0 Å². The minimum absolute atomic E-state index is 0.0520. The van der Waals surface area contributed by atoms with Crippen LogP contribution in [0.2, 0.25) is 0 Å². The second-order valence-electron chi connectivity index (χ2n) is 4.37. The van der Waals surface area contributed by atoms with Crippen LogP contribution in [0, 0.1) is 18.3 Å². The molecule has 3 heteroatoms. The van der Waals surface area contributed by atoms with Crippen molar-refractivity contribution in [2.75, 3.05) is 6.61 Å². The first-order chi connectivity index (χ1) is 7.67. The minimum atomic E-state index is -0.0534. The zero-order valence-electron chi connectivity index (χ0n) is 10.2. The molecule has 3 nitrogen and oxygen atoms in total. The highest BCUT2D eigenvalue weighted by Gasteiger charge is 2.28. The Morgan fingerprint density at radius 3 is 3.00 bits per heavy atom. The SMILES string of the molecule is C#CC(C)NC1CCCC(C(=O)OCC)C1. The zero-order chi connectivity index (χ0) is 12.0. The Balaban J connectivity index is 2.41. The Labute approximate surface area is 97.9 Å². The summed E-state index contributed by atoms with van der Waals surface area (Å²) in [5.74, 6) is 2.65. The summed E-state index contributed by atoms with van der Waals surface area (Å²) in [6.07, 6.45) is 9.29. The lowest BCUT2D eigenvalue weighted by atomic mass is 9.85. The molecule has 0 aromatic carbocycles. The second kappa shape index (κ2) is 6.55. The zero-order valence-corrected chi connectivity index (χ0v) is 10.2. The predicted molar refractivity (Wildman–Crippen MR) is 63.8 cm³/mol. The third kappa shape index (κ3) is 3.86. The Kier molecular flexibility index (Phi) is 5.34. The molecule has 0 aromatic rings. The van der Waals surface area contributed by atoms with Gasteiger partial charge in [-0.1, -0.05) is 12.3 Å². The molecular formula is C13H21NO2. The Morgan fingerprint density at radius 1 is 1.62 bits per heavy atom. The summed E-state index contributed by atoms with van der Waals surface area (Å²) in [6, 6.07) is 0.431. The van der Waals surface area contributed by atoms with Gasteiger partial charge in [0.15, 0.2) is 0 Å². The molecule has 1 N–H and O–H groups in total. The van der Waals surface area contributed by atoms with Crippen LogP contribution in [-0.4, -0.2) is 24.7 Å². The molecule has 3 unspecified atom stereocenters. The van der Waals surface area contributed by atoms with Crippen molar-refractivity contribution in [2.45, 2.75) is 51.6 Å². The highest BCUT2D eigenvalue weighted by Crippen LogP contribution is 2.25. The van der Waals surface area contributed by atoms with Gasteiger partial charge >= 0.3 is 5.97 Å². The van der Waals surface area contributed by atoms with E-state index in [1.54, 1.807) is 0 Å². The fourth-order valence-corrected chi connectivity index (χ4v) is 2.22. The van der Waals surface area contributed by atoms with Gasteiger partial charge in [0.2, 0.25) is 0 Å². The number of carbonyl (C=O) groups excluding carboxylic acids is 1. The normalized spacial score (nSPS) is 26.8. The Hall–Kier alpha value is -1.01. The van der Waals surface area contributed by atoms with Crippen LogP contribution in [-0.2, 0) is 9.53 Å². The van der Waals surface area contributed by atoms with Gasteiger partial charge in [-0.15, -0.1) is 6.42 Å². The molecule has 1 aliphatic rings. The maximum atomic E-state index is 11.6. The lowest BCUT2D eigenvalue weighted by Crippen LogP contribution is -2.40. The van der Waals surface area contributed by atoms with Crippen molar-refractivity contribution in [1.29, 1.82) is 0 Å². The number of esters is 1. The second-order valence-corrected chi connectivity index (χ2v) is 4.37. The van der Waals surface area contributed by atoms with Crippen LogP contribution in [0.3, 0.4) is 0 Å². The van der Waals surface area contributed by atoms with Gasteiger partial charge in [-0.2, -0.15) is 0 Å². The van der Waals surface area contributed by atoms with Gasteiger partial charge in [0.05, 0.1) is 18.6 Å². The molecule has 3 atom stereocenters. The van der Waals surface area contributed by atoms with E-state index in [9.17, 15) is 4.79 Å². The summed E-state index contributed by atoms with van der Waals surface area (Å²) in [5.41, 5.74) is 0. The van der Waals surface area contributed by atoms with E-state index in [0.717, 1.165) is 25.7 Å². The Bertz CT molecular complexity index is 270. The quantitative estimate of drug-likeness (QED) is 0.582. The molecule has 90 valence electrons. The molecule has 1 fully saturated rings. The molecule has 0 heterocycles. The number of nitrogens with one attached hydrogen (secondary N) is 1. The van der Waals surface area contributed by atoms with Gasteiger partial charge in [-0.05, 0) is 33.1 Å². The van der Waals surface area contributed by atoms with E-state index in [1.807, 2.05) is 13.8 Å². The lowest BCUT2D eigenvalue weighted by Gasteiger charge is -2.29. The maximum absolute atomic E-state index is 11.6. The molecule has 0 saturated heterocycles. The molecule has 1 aliphatic carbocycles. The van der Waals surface area contributed by atoms with E-state index in [2.05, 4.69) is 11.2 Å². The summed E-state index contributed by atoms with van der Waals surface area (Å²) in [6.45, 7) is 4.28. The minimum Gasteiger partial charge on any atom is -0.466 e. The van der Waals surface area contributed by atoms with Crippen LogP contribution in [0.1, 0.15) is 39.5 Å². The van der Waals surface area contributed by atoms with E-state index in [1.165, 1.54) is 0 Å². The van der Waals surface area contributed by atoms with Crippen LogP contribution in [0.15, 0.2) is 0 Å². The topological polar surface area (TPSA) is 38.3 Å². The van der Waals surface area contributed by atoms with E-state index in [4.69, 9.17) is 11.2 Å². The van der Waals surface area contributed by atoms with Gasteiger partial charge in [0, 0.05) is 6.04 Å². The fraction of sp³-hybridized carbons (Fsp3) is 0.769. The van der Waals surface area contributed by atoms with Crippen LogP contribution in [0.4, 0.5) is 0 Å². The standard InChI is InChI=1S/C13H21NO2/c1-4-10(3)14-12-8-6-7-11(9-12)13(15)16-5-2/h1,10-12,14H,5-9H2,2-3H3. The number of carbonyl (C=O) groups is 1. The van der Waals surface area contributed by atoms with Crippen molar-refractivity contribution in [2.24, 2.45) is 5.92 Å². The van der Waals surface area contributed by atoms with Gasteiger partial charge in [-0.3, -0.25) is 4.79 Å². The van der Waals surface area contributed by atoms with Crippen molar-refractivity contribution < 1.29 is 9.53 Å². The Morgan fingerprint density at radius 2 is 2.38 bits per heavy atom. The molecule has 0 aliphatic heterocycles. The molecule has 16 heavy (non-hydrogen) atoms. The molecule has 0 spiro atoms. The van der Waals surface area contributed by atoms with E-state index in [0.29, 0.717) is 12.6 Å². The molecule has 1 saturated carbocycles. The van der Waals surface area contributed by atoms with E-state index >= 15 is 0 Å². The van der Waals surface area contributed by atoms with Crippen LogP contribution >= 0.6 is 0 Å². The van der Waals surface area contributed by atoms with Gasteiger partial charge < -0.3 is 10.1 Å². The largest absolute Gasteiger partial charge is 0.466 e. The van der Waals surface area contributed by atoms with Crippen molar-refractivity contribution in [3.05, 3.63) is 0 Å². The molecule has 0 amide bonds. The summed E-state index contributed by atoms with van der Waals surface area (Å²) in [7, 11) is 0. The van der Waals surface area contributed by atoms with Crippen LogP contribution < -0.4 is 5.32 Å².